The predicted octanol–water partition coefficient (Wildman–Crippen LogP) is 2.88. The van der Waals surface area contributed by atoms with Crippen molar-refractivity contribution in [1.82, 2.24) is 13.7 Å². The lowest BCUT2D eigenvalue weighted by atomic mass is 10.1. The first-order chi connectivity index (χ1) is 15.4. The van der Waals surface area contributed by atoms with E-state index in [9.17, 15) is 14.4 Å². The van der Waals surface area contributed by atoms with Gasteiger partial charge in [0, 0.05) is 26.0 Å². The van der Waals surface area contributed by atoms with Crippen molar-refractivity contribution in [2.24, 2.45) is 14.1 Å². The number of aromatic nitrogens is 3. The summed E-state index contributed by atoms with van der Waals surface area (Å²) >= 11 is 0. The molecule has 0 atom stereocenters. The molecule has 8 nitrogen and oxygen atoms in total. The summed E-state index contributed by atoms with van der Waals surface area (Å²) in [4.78, 5) is 37.7. The van der Waals surface area contributed by atoms with Crippen molar-refractivity contribution in [3.05, 3.63) is 81.1 Å². The van der Waals surface area contributed by atoms with Crippen molar-refractivity contribution >= 4 is 16.9 Å². The summed E-state index contributed by atoms with van der Waals surface area (Å²) in [5, 5.41) is 0.425. The number of carbonyl (C=O) groups excluding carboxylic acids is 1. The van der Waals surface area contributed by atoms with Crippen LogP contribution in [0.25, 0.3) is 27.8 Å². The van der Waals surface area contributed by atoms with Crippen molar-refractivity contribution in [3.8, 4) is 22.7 Å². The van der Waals surface area contributed by atoms with Crippen molar-refractivity contribution < 1.29 is 14.3 Å². The summed E-state index contributed by atoms with van der Waals surface area (Å²) in [5.41, 5.74) is 2.32. The van der Waals surface area contributed by atoms with Gasteiger partial charge in [0.1, 0.15) is 5.75 Å². The molecule has 0 unspecified atom stereocenters. The van der Waals surface area contributed by atoms with E-state index < -0.39 is 11.7 Å². The van der Waals surface area contributed by atoms with E-state index in [1.807, 2.05) is 28.8 Å². The molecular formula is C24H23N3O5. The molecule has 2 aromatic carbocycles. The number of esters is 1. The number of hydrogen-bond acceptors (Lipinski definition) is 5. The molecular weight excluding hydrogens is 410 g/mol. The highest BCUT2D eigenvalue weighted by atomic mass is 16.5. The van der Waals surface area contributed by atoms with Crippen LogP contribution in [0.5, 0.6) is 5.75 Å². The third kappa shape index (κ3) is 3.39. The summed E-state index contributed by atoms with van der Waals surface area (Å²) in [6.07, 6.45) is 1.76. The molecule has 0 N–H and O–H groups in total. The average molecular weight is 433 g/mol. The van der Waals surface area contributed by atoms with Crippen LogP contribution < -0.4 is 16.0 Å². The second-order valence-electron chi connectivity index (χ2n) is 7.31. The number of carbonyl (C=O) groups is 1. The standard InChI is InChI=1S/C24H23N3O5/c1-5-32-23(29)16-6-10-17(11-7-16)27-14-19-20(22(28)26(3)24(30)25(19)2)21(27)15-8-12-18(31-4)13-9-15/h6-14H,5H2,1-4H3. The zero-order valence-electron chi connectivity index (χ0n) is 18.3. The number of nitrogens with zero attached hydrogens (tertiary/aromatic N) is 3. The summed E-state index contributed by atoms with van der Waals surface area (Å²) in [6.45, 7) is 2.05. The highest BCUT2D eigenvalue weighted by Gasteiger charge is 2.20. The number of methoxy groups -OCH3 is 1. The predicted molar refractivity (Wildman–Crippen MR) is 122 cm³/mol. The number of ether oxygens (including phenoxy) is 2. The van der Waals surface area contributed by atoms with Gasteiger partial charge in [-0.25, -0.2) is 9.59 Å². The van der Waals surface area contributed by atoms with Crippen molar-refractivity contribution in [3.63, 3.8) is 0 Å². The van der Waals surface area contributed by atoms with Gasteiger partial charge in [0.25, 0.3) is 5.56 Å². The fourth-order valence-corrected chi connectivity index (χ4v) is 3.75. The Morgan fingerprint density at radius 3 is 2.19 bits per heavy atom. The second kappa shape index (κ2) is 8.22. The Morgan fingerprint density at radius 2 is 1.59 bits per heavy atom. The lowest BCUT2D eigenvalue weighted by Gasteiger charge is -2.11. The minimum Gasteiger partial charge on any atom is -0.497 e. The molecule has 2 aromatic heterocycles. The van der Waals surface area contributed by atoms with Crippen LogP contribution in [0.4, 0.5) is 0 Å². The maximum atomic E-state index is 13.1. The lowest BCUT2D eigenvalue weighted by Crippen LogP contribution is -2.36. The molecule has 8 heteroatoms. The molecule has 164 valence electrons. The lowest BCUT2D eigenvalue weighted by molar-refractivity contribution is 0.0526. The van der Waals surface area contributed by atoms with E-state index in [0.717, 1.165) is 15.8 Å². The fourth-order valence-electron chi connectivity index (χ4n) is 3.75. The Labute approximate surface area is 183 Å². The normalized spacial score (nSPS) is 11.0. The molecule has 0 fully saturated rings. The summed E-state index contributed by atoms with van der Waals surface area (Å²) < 4.78 is 14.7. The van der Waals surface area contributed by atoms with Crippen molar-refractivity contribution in [2.75, 3.05) is 13.7 Å². The summed E-state index contributed by atoms with van der Waals surface area (Å²) in [6, 6.07) is 14.3. The van der Waals surface area contributed by atoms with Crippen LogP contribution in [0.15, 0.2) is 64.3 Å². The van der Waals surface area contributed by atoms with E-state index in [4.69, 9.17) is 9.47 Å². The quantitative estimate of drug-likeness (QED) is 0.452. The molecule has 0 aliphatic rings. The van der Waals surface area contributed by atoms with Gasteiger partial charge in [0.15, 0.2) is 0 Å². The van der Waals surface area contributed by atoms with Crippen LogP contribution >= 0.6 is 0 Å². The molecule has 4 aromatic rings. The highest BCUT2D eigenvalue weighted by molar-refractivity contribution is 5.95. The molecule has 0 aliphatic heterocycles. The number of aryl methyl sites for hydroxylation is 1. The maximum absolute atomic E-state index is 13.1. The van der Waals surface area contributed by atoms with Gasteiger partial charge in [-0.3, -0.25) is 13.9 Å². The van der Waals surface area contributed by atoms with Gasteiger partial charge in [0.2, 0.25) is 0 Å². The van der Waals surface area contributed by atoms with E-state index in [-0.39, 0.29) is 5.56 Å². The summed E-state index contributed by atoms with van der Waals surface area (Å²) in [5.74, 6) is 0.290. The van der Waals surface area contributed by atoms with Gasteiger partial charge in [-0.2, -0.15) is 0 Å². The molecule has 2 heterocycles. The van der Waals surface area contributed by atoms with E-state index >= 15 is 0 Å². The zero-order chi connectivity index (χ0) is 23.0. The van der Waals surface area contributed by atoms with Crippen molar-refractivity contribution in [1.29, 1.82) is 0 Å². The van der Waals surface area contributed by atoms with Crippen LogP contribution in [0, 0.1) is 0 Å². The first-order valence-electron chi connectivity index (χ1n) is 10.1. The Hall–Kier alpha value is -4.07. The van der Waals surface area contributed by atoms with E-state index in [2.05, 4.69) is 0 Å². The molecule has 0 saturated carbocycles. The Morgan fingerprint density at radius 1 is 0.938 bits per heavy atom. The van der Waals surface area contributed by atoms with Gasteiger partial charge in [-0.15, -0.1) is 0 Å². The number of hydrogen-bond donors (Lipinski definition) is 0. The zero-order valence-corrected chi connectivity index (χ0v) is 18.3. The topological polar surface area (TPSA) is 84.5 Å². The second-order valence-corrected chi connectivity index (χ2v) is 7.31. The third-order valence-corrected chi connectivity index (χ3v) is 5.46. The molecule has 0 saturated heterocycles. The number of fused-ring (bicyclic) bond motifs is 1. The molecule has 0 bridgehead atoms. The van der Waals surface area contributed by atoms with E-state index in [1.54, 1.807) is 51.5 Å². The van der Waals surface area contributed by atoms with E-state index in [0.29, 0.717) is 34.5 Å². The van der Waals surface area contributed by atoms with Gasteiger partial charge in [0.05, 0.1) is 35.9 Å². The first kappa shape index (κ1) is 21.2. The molecule has 4 rings (SSSR count). The van der Waals surface area contributed by atoms with Crippen molar-refractivity contribution in [2.45, 2.75) is 6.92 Å². The van der Waals surface area contributed by atoms with Gasteiger partial charge >= 0.3 is 11.7 Å². The first-order valence-corrected chi connectivity index (χ1v) is 10.1. The van der Waals surface area contributed by atoms with E-state index in [1.165, 1.54) is 11.6 Å². The molecule has 32 heavy (non-hydrogen) atoms. The minimum atomic E-state index is -0.404. The molecule has 0 spiro atoms. The smallest absolute Gasteiger partial charge is 0.338 e. The Kier molecular flexibility index (Phi) is 5.44. The van der Waals surface area contributed by atoms with Crippen LogP contribution in [-0.4, -0.2) is 33.4 Å². The number of benzene rings is 2. The SMILES string of the molecule is CCOC(=O)c1ccc(-n2cc3c(c2-c2ccc(OC)cc2)c(=O)n(C)c(=O)n3C)cc1. The summed E-state index contributed by atoms with van der Waals surface area (Å²) in [7, 11) is 4.69. The highest BCUT2D eigenvalue weighted by Crippen LogP contribution is 2.32. The third-order valence-electron chi connectivity index (χ3n) is 5.46. The van der Waals surface area contributed by atoms with Crippen LogP contribution in [0.2, 0.25) is 0 Å². The van der Waals surface area contributed by atoms with Gasteiger partial charge in [-0.1, -0.05) is 0 Å². The maximum Gasteiger partial charge on any atom is 0.338 e. The monoisotopic (exact) mass is 433 g/mol. The fraction of sp³-hybridized carbons (Fsp3) is 0.208. The van der Waals surface area contributed by atoms with Gasteiger partial charge < -0.3 is 14.0 Å². The molecule has 0 aliphatic carbocycles. The molecule has 0 amide bonds. The Balaban J connectivity index is 2.01. The van der Waals surface area contributed by atoms with Crippen LogP contribution in [0.3, 0.4) is 0 Å². The van der Waals surface area contributed by atoms with Crippen LogP contribution in [-0.2, 0) is 18.8 Å². The van der Waals surface area contributed by atoms with Crippen LogP contribution in [0.1, 0.15) is 17.3 Å². The average Bonchev–Trinajstić information content (AvgIpc) is 3.22. The van der Waals surface area contributed by atoms with Gasteiger partial charge in [-0.05, 0) is 61.0 Å². The number of rotatable bonds is 5. The molecule has 0 radical (unpaired) electrons. The minimum absolute atomic E-state index is 0.294. The Bertz CT molecular complexity index is 1420. The largest absolute Gasteiger partial charge is 0.497 e.